The summed E-state index contributed by atoms with van der Waals surface area (Å²) < 4.78 is 0.742. The lowest BCUT2D eigenvalue weighted by molar-refractivity contribution is -0.917. The molecule has 0 aromatic heterocycles. The van der Waals surface area contributed by atoms with Crippen LogP contribution < -0.4 is 5.73 Å². The molecule has 0 aliphatic carbocycles. The van der Waals surface area contributed by atoms with Gasteiger partial charge in [-0.05, 0) is 0 Å². The van der Waals surface area contributed by atoms with Crippen molar-refractivity contribution in [2.75, 3.05) is 32.5 Å². The Balaban J connectivity index is 1.88. The van der Waals surface area contributed by atoms with E-state index in [1.807, 2.05) is 0 Å². The fourth-order valence-electron chi connectivity index (χ4n) is 4.13. The average Bonchev–Trinajstić information content (AvgIpc) is 2.87. The van der Waals surface area contributed by atoms with Crippen LogP contribution in [0.2, 0.25) is 0 Å². The number of rotatable bonds is 5. The molecule has 3 aliphatic rings. The van der Waals surface area contributed by atoms with Crippen LogP contribution in [0.4, 0.5) is 0 Å². The molecule has 4 atom stereocenters. The van der Waals surface area contributed by atoms with Crippen LogP contribution in [0.15, 0.2) is 11.3 Å². The van der Waals surface area contributed by atoms with Gasteiger partial charge in [0.15, 0.2) is 0 Å². The summed E-state index contributed by atoms with van der Waals surface area (Å²) in [6, 6.07) is -0.241. The maximum atomic E-state index is 12.0. The minimum Gasteiger partial charge on any atom is -0.477 e. The van der Waals surface area contributed by atoms with Crippen LogP contribution in [0, 0.1) is 0 Å². The fraction of sp³-hybridized carbons (Fsp3) is 0.733. The number of likely N-dealkylation sites (N-methyl/N-ethyl adjacent to an activating group) is 1. The molecule has 3 heterocycles. The van der Waals surface area contributed by atoms with E-state index >= 15 is 0 Å². The normalized spacial score (nSPS) is 36.9. The number of nitrogens with zero attached hydrogens (tertiary/aromatic N) is 2. The Morgan fingerprint density at radius 2 is 2.26 bits per heavy atom. The Morgan fingerprint density at radius 1 is 1.52 bits per heavy atom. The van der Waals surface area contributed by atoms with Crippen molar-refractivity contribution in [1.29, 1.82) is 0 Å². The van der Waals surface area contributed by atoms with E-state index in [4.69, 9.17) is 5.73 Å². The van der Waals surface area contributed by atoms with Crippen LogP contribution in [0.1, 0.15) is 19.3 Å². The maximum absolute atomic E-state index is 12.0. The molecule has 0 bridgehead atoms. The number of thioether (sulfide) groups is 1. The smallest absolute Gasteiger partial charge is 0.352 e. The van der Waals surface area contributed by atoms with Gasteiger partial charge >= 0.3 is 5.97 Å². The lowest BCUT2D eigenvalue weighted by atomic mass is 10.0. The molecule has 0 spiro atoms. The first-order chi connectivity index (χ1) is 10.9. The van der Waals surface area contributed by atoms with E-state index in [0.717, 1.165) is 35.9 Å². The summed E-state index contributed by atoms with van der Waals surface area (Å²) in [5.74, 6) is -0.744. The number of aliphatic hydroxyl groups excluding tert-OH is 1. The van der Waals surface area contributed by atoms with Crippen molar-refractivity contribution in [3.8, 4) is 0 Å². The van der Waals surface area contributed by atoms with Crippen molar-refractivity contribution in [3.05, 3.63) is 11.3 Å². The monoisotopic (exact) mass is 342 g/mol. The molecule has 4 N–H and O–H groups in total. The van der Waals surface area contributed by atoms with Gasteiger partial charge in [0.2, 0.25) is 5.91 Å². The number of carboxylic acids is 1. The van der Waals surface area contributed by atoms with Gasteiger partial charge in [0.05, 0.1) is 19.6 Å². The van der Waals surface area contributed by atoms with E-state index in [9.17, 15) is 19.8 Å². The second kappa shape index (κ2) is 6.08. The van der Waals surface area contributed by atoms with Crippen molar-refractivity contribution < 1.29 is 24.3 Å². The van der Waals surface area contributed by atoms with Crippen molar-refractivity contribution in [2.24, 2.45) is 5.73 Å². The van der Waals surface area contributed by atoms with E-state index in [0.29, 0.717) is 18.3 Å². The standard InChI is InChI=1S/C15H23N3O4S/c1-18(5-2-3-10(18)4-6-19)7-9-8-23-14-11(16)13(20)17(14)12(9)15(21)22/h10-11,14,19H,2-8,16H2,1H3/p+1/t10?,11?,14-,18?/m1/s1. The molecule has 1 amide bonds. The number of aliphatic carboxylic acids is 1. The van der Waals surface area contributed by atoms with Gasteiger partial charge in [0.1, 0.15) is 23.7 Å². The Labute approximate surface area is 139 Å². The van der Waals surface area contributed by atoms with E-state index in [2.05, 4.69) is 7.05 Å². The van der Waals surface area contributed by atoms with Crippen LogP contribution in [-0.4, -0.2) is 81.4 Å². The number of aliphatic hydroxyl groups is 1. The third-order valence-corrected chi connectivity index (χ3v) is 6.75. The van der Waals surface area contributed by atoms with Crippen LogP contribution in [0.5, 0.6) is 0 Å². The highest BCUT2D eigenvalue weighted by Crippen LogP contribution is 2.41. The molecule has 0 saturated carbocycles. The molecule has 2 fully saturated rings. The Bertz CT molecular complexity index is 567. The predicted molar refractivity (Wildman–Crippen MR) is 86.4 cm³/mol. The maximum Gasteiger partial charge on any atom is 0.352 e. The first-order valence-corrected chi connectivity index (χ1v) is 9.04. The molecular formula is C15H24N3O4S+. The van der Waals surface area contributed by atoms with Gasteiger partial charge in [-0.25, -0.2) is 4.79 Å². The average molecular weight is 342 g/mol. The lowest BCUT2D eigenvalue weighted by Crippen LogP contribution is -2.68. The Kier molecular flexibility index (Phi) is 4.43. The molecule has 3 aliphatic heterocycles. The number of carbonyl (C=O) groups excluding carboxylic acids is 1. The van der Waals surface area contributed by atoms with E-state index in [-0.39, 0.29) is 23.6 Å². The topological polar surface area (TPSA) is 104 Å². The van der Waals surface area contributed by atoms with Crippen molar-refractivity contribution in [1.82, 2.24) is 4.90 Å². The number of β-lactam (4-membered cyclic amide) rings is 1. The number of quaternary nitrogens is 1. The predicted octanol–water partition coefficient (Wildman–Crippen LogP) is -0.441. The zero-order chi connectivity index (χ0) is 16.8. The Hall–Kier alpha value is -1.09. The summed E-state index contributed by atoms with van der Waals surface area (Å²) in [6.07, 6.45) is 2.87. The molecule has 23 heavy (non-hydrogen) atoms. The van der Waals surface area contributed by atoms with Crippen LogP contribution >= 0.6 is 11.8 Å². The van der Waals surface area contributed by atoms with E-state index in [1.165, 1.54) is 4.90 Å². The van der Waals surface area contributed by atoms with Crippen molar-refractivity contribution >= 4 is 23.6 Å². The van der Waals surface area contributed by atoms with Crippen molar-refractivity contribution in [2.45, 2.75) is 36.7 Å². The largest absolute Gasteiger partial charge is 0.477 e. The second-order valence-corrected chi connectivity index (χ2v) is 7.97. The van der Waals surface area contributed by atoms with Crippen molar-refractivity contribution in [3.63, 3.8) is 0 Å². The van der Waals surface area contributed by atoms with Gasteiger partial charge in [-0.15, -0.1) is 11.8 Å². The minimum atomic E-state index is -1.05. The molecule has 0 aromatic carbocycles. The summed E-state index contributed by atoms with van der Waals surface area (Å²) in [5.41, 5.74) is 6.72. The number of hydrogen-bond donors (Lipinski definition) is 3. The highest BCUT2D eigenvalue weighted by molar-refractivity contribution is 8.00. The number of carboxylic acid groups (broad SMARTS) is 1. The third kappa shape index (κ3) is 2.67. The van der Waals surface area contributed by atoms with Crippen LogP contribution in [0.25, 0.3) is 0 Å². The highest BCUT2D eigenvalue weighted by atomic mass is 32.2. The zero-order valence-electron chi connectivity index (χ0n) is 13.3. The van der Waals surface area contributed by atoms with Crippen LogP contribution in [0.3, 0.4) is 0 Å². The van der Waals surface area contributed by atoms with E-state index < -0.39 is 12.0 Å². The SMILES string of the molecule is C[N+]1(CC2=C(C(=O)O)N3C(=O)C(N)[C@H]3SC2)CCCC1CCO. The summed E-state index contributed by atoms with van der Waals surface area (Å²) >= 11 is 1.55. The Morgan fingerprint density at radius 3 is 2.91 bits per heavy atom. The molecule has 3 rings (SSSR count). The summed E-state index contributed by atoms with van der Waals surface area (Å²) in [4.78, 5) is 25.1. The molecular weight excluding hydrogens is 318 g/mol. The van der Waals surface area contributed by atoms with Gasteiger partial charge in [0.25, 0.3) is 0 Å². The first kappa shape index (κ1) is 16.8. The summed E-state index contributed by atoms with van der Waals surface area (Å²) in [6.45, 7) is 1.74. The molecule has 3 unspecified atom stereocenters. The van der Waals surface area contributed by atoms with Crippen LogP contribution in [-0.2, 0) is 9.59 Å². The highest BCUT2D eigenvalue weighted by Gasteiger charge is 2.52. The summed E-state index contributed by atoms with van der Waals surface area (Å²) in [5, 5.41) is 18.6. The number of carbonyl (C=O) groups is 2. The molecule has 2 saturated heterocycles. The summed E-state index contributed by atoms with van der Waals surface area (Å²) in [7, 11) is 2.13. The lowest BCUT2D eigenvalue weighted by Gasteiger charge is -2.49. The molecule has 0 radical (unpaired) electrons. The van der Waals surface area contributed by atoms with Gasteiger partial charge in [-0.2, -0.15) is 0 Å². The number of hydrogen-bond acceptors (Lipinski definition) is 5. The number of fused-ring (bicyclic) bond motifs is 1. The van der Waals surface area contributed by atoms with Gasteiger partial charge in [0, 0.05) is 37.2 Å². The number of nitrogens with two attached hydrogens (primary N) is 1. The number of likely N-dealkylation sites (tertiary alicyclic amines) is 1. The second-order valence-electron chi connectivity index (χ2n) is 6.86. The van der Waals surface area contributed by atoms with Gasteiger partial charge in [-0.3, -0.25) is 9.69 Å². The van der Waals surface area contributed by atoms with Gasteiger partial charge < -0.3 is 20.4 Å². The van der Waals surface area contributed by atoms with E-state index in [1.54, 1.807) is 11.8 Å². The molecule has 7 nitrogen and oxygen atoms in total. The number of amides is 1. The fourth-order valence-corrected chi connectivity index (χ4v) is 5.42. The van der Waals surface area contributed by atoms with Gasteiger partial charge in [-0.1, -0.05) is 0 Å². The zero-order valence-corrected chi connectivity index (χ0v) is 14.1. The molecule has 0 aromatic rings. The first-order valence-electron chi connectivity index (χ1n) is 7.99. The third-order valence-electron chi connectivity index (χ3n) is 5.39. The molecule has 8 heteroatoms. The molecule has 128 valence electrons. The quantitative estimate of drug-likeness (QED) is 0.462. The minimum absolute atomic E-state index is 0.134.